The molecular formula is C132H98N10. The Bertz CT molecular complexity index is 9280. The molecule has 0 radical (unpaired) electrons. The molecule has 8 bridgehead atoms. The maximum Gasteiger partial charge on any atom is 0.140 e. The molecular weight excluding hydrogens is 1730 g/mol. The third kappa shape index (κ3) is 11.6. The second-order valence-corrected chi connectivity index (χ2v) is 42.8. The summed E-state index contributed by atoms with van der Waals surface area (Å²) in [5, 5.41) is 19.9. The van der Waals surface area contributed by atoms with Crippen LogP contribution in [0.2, 0.25) is 0 Å². The van der Waals surface area contributed by atoms with Gasteiger partial charge in [0.05, 0.1) is 88.3 Å². The zero-order valence-electron chi connectivity index (χ0n) is 78.7. The monoisotopic (exact) mass is 1820 g/mol. The van der Waals surface area contributed by atoms with Gasteiger partial charge in [-0.3, -0.25) is 18.3 Å². The average Bonchev–Trinajstić information content (AvgIpc) is 1.52. The summed E-state index contributed by atoms with van der Waals surface area (Å²) in [4.78, 5) is 11.7. The van der Waals surface area contributed by atoms with Crippen molar-refractivity contribution in [1.82, 2.24) is 46.5 Å². The van der Waals surface area contributed by atoms with E-state index in [1.807, 2.05) is 0 Å². The second-order valence-electron chi connectivity index (χ2n) is 42.8. The molecule has 8 saturated carbocycles. The molecule has 10 heteroatoms. The van der Waals surface area contributed by atoms with Crippen LogP contribution in [0, 0.1) is 35.5 Å². The number of hydrogen-bond acceptors (Lipinski definition) is 2. The summed E-state index contributed by atoms with van der Waals surface area (Å²) < 4.78 is 19.5. The Labute approximate surface area is 819 Å². The largest absolute Gasteiger partial charge is 0.309 e. The van der Waals surface area contributed by atoms with Crippen molar-refractivity contribution in [3.63, 3.8) is 0 Å². The minimum Gasteiger partial charge on any atom is -0.309 e. The van der Waals surface area contributed by atoms with Gasteiger partial charge in [0.25, 0.3) is 0 Å². The Balaban J connectivity index is 0.000000128. The quantitative estimate of drug-likeness (QED) is 0.130. The van der Waals surface area contributed by atoms with E-state index in [4.69, 9.17) is 9.97 Å². The summed E-state index contributed by atoms with van der Waals surface area (Å²) >= 11 is 0. The Morgan fingerprint density at radius 3 is 0.563 bits per heavy atom. The standard InChI is InChI=1S/C69H51N5.C63H47N5/c1-7-19-59-51(13-1)52-14-2-8-20-60(52)71(59)49-29-31-65-57(38-49)55-17-5-11-23-63(55)73(65)67-36-47(46-25-27-48(28-26-46)69-40-43-33-44(41-69)35-45(34-43)42-69)37-68(70-67)74-64-24-12-6-18-56(64)58-39-50(30-32-66(58)74)72-61-21-9-3-15-53(61)54-16-4-10-22-62(54)72;1-7-19-53-45(13-1)46-14-2-8-20-54(46)65(53)43-25-27-59-51(34-43)49-17-5-11-23-57(49)67(59)61-32-42(63-36-39-29-40(37-63)31-41(30-39)38-63)33-62(64-61)68-58-24-12-6-18-50(58)52-35-44(26-28-60(52)68)66-55-21-9-3-15-47(55)48-16-4-10-22-56(48)66/h1-32,36-39,43-45H,33-35,40-42H2;1-28,32-35,39-41H,29-31,36-38H2. The van der Waals surface area contributed by atoms with Gasteiger partial charge in [-0.2, -0.15) is 0 Å². The van der Waals surface area contributed by atoms with Gasteiger partial charge >= 0.3 is 0 Å². The van der Waals surface area contributed by atoms with Gasteiger partial charge in [-0.15, -0.1) is 0 Å². The molecule has 8 aliphatic carbocycles. The first-order chi connectivity index (χ1) is 70.2. The molecule has 35 rings (SSSR count). The number of benzene rings is 17. The summed E-state index contributed by atoms with van der Waals surface area (Å²) in [5.41, 5.74) is 29.5. The lowest BCUT2D eigenvalue weighted by Gasteiger charge is -2.57. The number of hydrogen-bond donors (Lipinski definition) is 0. The molecule has 0 spiro atoms. The number of aromatic nitrogens is 10. The molecule has 0 unspecified atom stereocenters. The lowest BCUT2D eigenvalue weighted by Crippen LogP contribution is -2.48. The fraction of sp³-hybridized carbons (Fsp3) is 0.152. The highest BCUT2D eigenvalue weighted by Gasteiger charge is 2.53. The zero-order valence-corrected chi connectivity index (χ0v) is 78.7. The fourth-order valence-corrected chi connectivity index (χ4v) is 30.1. The number of para-hydroxylation sites is 12. The smallest absolute Gasteiger partial charge is 0.140 e. The lowest BCUT2D eigenvalue weighted by atomic mass is 9.48. The van der Waals surface area contributed by atoms with E-state index in [2.05, 4.69) is 449 Å². The third-order valence-electron chi connectivity index (χ3n) is 35.0. The van der Waals surface area contributed by atoms with Crippen molar-refractivity contribution in [1.29, 1.82) is 0 Å². The summed E-state index contributed by atoms with van der Waals surface area (Å²) in [6, 6.07) is 154. The molecule has 8 aliphatic rings. The van der Waals surface area contributed by atoms with Crippen LogP contribution in [0.15, 0.2) is 413 Å². The zero-order chi connectivity index (χ0) is 92.5. The predicted octanol–water partition coefficient (Wildman–Crippen LogP) is 33.5. The van der Waals surface area contributed by atoms with Crippen molar-refractivity contribution in [2.75, 3.05) is 0 Å². The SMILES string of the molecule is c1ccc2c(c1)c1ccccc1n2-c1ccc2c(c1)c1ccccc1n2-c1cc(-c2ccc(C34CC5CC(CC(C5)C3)C4)cc2)cc(-n2c3ccccc3c3cc(-n4c5ccccc5c5ccccc54)ccc32)n1.c1ccc2c(c1)c1ccccc1n2-c1ccc2c(c1)c1ccccc1n2-c1cc(C23CC4CC(CC(C4)C2)C3)cc(-n2c3ccccc3c3cc(-n4c5ccccc5c5ccccc54)ccc32)n1. The number of nitrogens with zero attached hydrogens (tertiary/aromatic N) is 10. The maximum absolute atomic E-state index is 5.87. The van der Waals surface area contributed by atoms with E-state index in [1.165, 1.54) is 252 Å². The first kappa shape index (κ1) is 79.4. The Morgan fingerprint density at radius 1 is 0.155 bits per heavy atom. The van der Waals surface area contributed by atoms with E-state index in [1.54, 1.807) is 5.56 Å². The van der Waals surface area contributed by atoms with Crippen LogP contribution in [0.1, 0.15) is 88.2 Å². The minimum atomic E-state index is 0.159. The van der Waals surface area contributed by atoms with Crippen molar-refractivity contribution < 1.29 is 0 Å². The van der Waals surface area contributed by atoms with Crippen molar-refractivity contribution in [2.24, 2.45) is 35.5 Å². The van der Waals surface area contributed by atoms with Gasteiger partial charge in [-0.1, -0.05) is 243 Å². The molecule has 0 atom stereocenters. The molecule has 676 valence electrons. The van der Waals surface area contributed by atoms with E-state index >= 15 is 0 Å². The Hall–Kier alpha value is -16.6. The van der Waals surface area contributed by atoms with Gasteiger partial charge in [0.1, 0.15) is 23.3 Å². The molecule has 17 aromatic carbocycles. The first-order valence-electron chi connectivity index (χ1n) is 51.5. The molecule has 10 nitrogen and oxygen atoms in total. The first-order valence-corrected chi connectivity index (χ1v) is 51.5. The topological polar surface area (TPSA) is 65.2 Å². The Kier molecular flexibility index (Phi) is 16.8. The van der Waals surface area contributed by atoms with Crippen LogP contribution in [0.25, 0.3) is 232 Å². The molecule has 27 aromatic rings. The van der Waals surface area contributed by atoms with Crippen molar-refractivity contribution in [2.45, 2.75) is 87.9 Å². The van der Waals surface area contributed by atoms with Crippen LogP contribution in [-0.4, -0.2) is 46.5 Å². The molecule has 10 heterocycles. The van der Waals surface area contributed by atoms with Gasteiger partial charge in [-0.05, 0) is 315 Å². The summed E-state index contributed by atoms with van der Waals surface area (Å²) in [6.45, 7) is 0. The predicted molar refractivity (Wildman–Crippen MR) is 588 cm³/mol. The van der Waals surface area contributed by atoms with Crippen molar-refractivity contribution in [3.8, 4) is 57.1 Å². The van der Waals surface area contributed by atoms with E-state index in [0.717, 1.165) is 97.8 Å². The third-order valence-corrected chi connectivity index (χ3v) is 35.0. The van der Waals surface area contributed by atoms with Crippen LogP contribution in [0.4, 0.5) is 0 Å². The normalized spacial score (nSPS) is 19.8. The van der Waals surface area contributed by atoms with Crippen molar-refractivity contribution >= 4 is 174 Å². The number of rotatable bonds is 11. The van der Waals surface area contributed by atoms with Gasteiger partial charge in [0, 0.05) is 109 Å². The van der Waals surface area contributed by atoms with Crippen LogP contribution < -0.4 is 0 Å². The van der Waals surface area contributed by atoms with Gasteiger partial charge in [0.2, 0.25) is 0 Å². The maximum atomic E-state index is 5.87. The van der Waals surface area contributed by atoms with Crippen LogP contribution >= 0.6 is 0 Å². The molecule has 0 amide bonds. The fourth-order valence-electron chi connectivity index (χ4n) is 30.1. The summed E-state index contributed by atoms with van der Waals surface area (Å²) in [6.07, 6.45) is 16.5. The van der Waals surface area contributed by atoms with E-state index in [9.17, 15) is 0 Å². The minimum absolute atomic E-state index is 0.159. The average molecular weight is 1820 g/mol. The van der Waals surface area contributed by atoms with Crippen molar-refractivity contribution in [3.05, 3.63) is 424 Å². The van der Waals surface area contributed by atoms with Gasteiger partial charge in [0.15, 0.2) is 0 Å². The van der Waals surface area contributed by atoms with E-state index in [-0.39, 0.29) is 5.41 Å². The highest BCUT2D eigenvalue weighted by atomic mass is 15.2. The lowest BCUT2D eigenvalue weighted by molar-refractivity contribution is -0.00532. The molecule has 0 aliphatic heterocycles. The molecule has 0 saturated heterocycles. The molecule has 10 aromatic heterocycles. The van der Waals surface area contributed by atoms with Crippen LogP contribution in [-0.2, 0) is 10.8 Å². The number of pyridine rings is 2. The van der Waals surface area contributed by atoms with Crippen LogP contribution in [0.3, 0.4) is 0 Å². The number of fused-ring (bicyclic) bond motifs is 24. The molecule has 8 fully saturated rings. The molecule has 0 N–H and O–H groups in total. The van der Waals surface area contributed by atoms with Crippen LogP contribution in [0.5, 0.6) is 0 Å². The van der Waals surface area contributed by atoms with Gasteiger partial charge < -0.3 is 18.3 Å². The van der Waals surface area contributed by atoms with E-state index in [0.29, 0.717) is 5.41 Å². The summed E-state index contributed by atoms with van der Waals surface area (Å²) in [7, 11) is 0. The molecule has 142 heavy (non-hydrogen) atoms. The highest BCUT2D eigenvalue weighted by Crippen LogP contribution is 2.63. The highest BCUT2D eigenvalue weighted by molar-refractivity contribution is 6.18. The summed E-state index contributed by atoms with van der Waals surface area (Å²) in [5.74, 6) is 8.95. The van der Waals surface area contributed by atoms with E-state index < -0.39 is 0 Å². The second kappa shape index (κ2) is 30.0. The van der Waals surface area contributed by atoms with Gasteiger partial charge in [-0.25, -0.2) is 9.97 Å². The Morgan fingerprint density at radius 2 is 0.338 bits per heavy atom.